The number of thiocarbonyl (C=S) groups is 1. The molecule has 33 heavy (non-hydrogen) atoms. The summed E-state index contributed by atoms with van der Waals surface area (Å²) in [6.45, 7) is 0. The van der Waals surface area contributed by atoms with Crippen molar-refractivity contribution in [3.8, 4) is 17.1 Å². The zero-order chi connectivity index (χ0) is 22.9. The average Bonchev–Trinajstić information content (AvgIpc) is 3.44. The van der Waals surface area contributed by atoms with Crippen molar-refractivity contribution in [1.29, 1.82) is 0 Å². The molecule has 8 nitrogen and oxygen atoms in total. The van der Waals surface area contributed by atoms with Gasteiger partial charge in [-0.1, -0.05) is 30.3 Å². The SMILES string of the molecule is O=[N+]([O-])c1ccccc1-c1ccc([C@H]2[C@@H](c3ccccn3)NC(=S)N2c2ccccc2O)o1. The summed E-state index contributed by atoms with van der Waals surface area (Å²) >= 11 is 5.64. The Morgan fingerprint density at radius 2 is 1.79 bits per heavy atom. The summed E-state index contributed by atoms with van der Waals surface area (Å²) in [6.07, 6.45) is 1.70. The van der Waals surface area contributed by atoms with Crippen LogP contribution in [-0.2, 0) is 0 Å². The minimum absolute atomic E-state index is 0.0442. The molecule has 0 saturated carbocycles. The number of nitrogens with one attached hydrogen (secondary N) is 1. The molecule has 2 aromatic carbocycles. The van der Waals surface area contributed by atoms with E-state index >= 15 is 0 Å². The van der Waals surface area contributed by atoms with Gasteiger partial charge in [-0.3, -0.25) is 15.1 Å². The third-order valence-electron chi connectivity index (χ3n) is 5.52. The number of benzene rings is 2. The molecule has 9 heteroatoms. The minimum atomic E-state index is -0.489. The van der Waals surface area contributed by atoms with Crippen LogP contribution < -0.4 is 10.2 Å². The number of nitro groups is 1. The molecule has 0 unspecified atom stereocenters. The van der Waals surface area contributed by atoms with Gasteiger partial charge >= 0.3 is 0 Å². The average molecular weight is 458 g/mol. The number of pyridine rings is 1. The maximum absolute atomic E-state index is 11.5. The molecule has 0 radical (unpaired) electrons. The van der Waals surface area contributed by atoms with E-state index in [9.17, 15) is 15.2 Å². The molecule has 4 aromatic rings. The summed E-state index contributed by atoms with van der Waals surface area (Å²) in [5.74, 6) is 0.959. The number of para-hydroxylation sites is 3. The van der Waals surface area contributed by atoms with Crippen molar-refractivity contribution >= 4 is 28.7 Å². The summed E-state index contributed by atoms with van der Waals surface area (Å²) < 4.78 is 6.18. The van der Waals surface area contributed by atoms with Gasteiger partial charge in [0.15, 0.2) is 5.11 Å². The van der Waals surface area contributed by atoms with Crippen LogP contribution >= 0.6 is 12.2 Å². The van der Waals surface area contributed by atoms with Crippen LogP contribution in [0.2, 0.25) is 0 Å². The summed E-state index contributed by atoms with van der Waals surface area (Å²) in [4.78, 5) is 17.3. The number of nitrogens with zero attached hydrogens (tertiary/aromatic N) is 3. The van der Waals surface area contributed by atoms with Crippen LogP contribution in [0.25, 0.3) is 11.3 Å². The van der Waals surface area contributed by atoms with Gasteiger partial charge in [0.2, 0.25) is 0 Å². The number of nitro benzene ring substituents is 1. The largest absolute Gasteiger partial charge is 0.506 e. The smallest absolute Gasteiger partial charge is 0.280 e. The number of aromatic hydroxyl groups is 1. The maximum atomic E-state index is 11.5. The molecular weight excluding hydrogens is 440 g/mol. The van der Waals surface area contributed by atoms with Crippen LogP contribution in [0.3, 0.4) is 0 Å². The van der Waals surface area contributed by atoms with E-state index in [-0.39, 0.29) is 17.5 Å². The monoisotopic (exact) mass is 458 g/mol. The summed E-state index contributed by atoms with van der Waals surface area (Å²) in [5.41, 5.74) is 1.59. The van der Waals surface area contributed by atoms with E-state index in [0.717, 1.165) is 5.69 Å². The van der Waals surface area contributed by atoms with E-state index < -0.39 is 11.0 Å². The van der Waals surface area contributed by atoms with Gasteiger partial charge in [-0.25, -0.2) is 0 Å². The zero-order valence-corrected chi connectivity index (χ0v) is 18.0. The van der Waals surface area contributed by atoms with Crippen molar-refractivity contribution < 1.29 is 14.4 Å². The quantitative estimate of drug-likeness (QED) is 0.241. The summed E-state index contributed by atoms with van der Waals surface area (Å²) in [6, 6.07) is 21.5. The standard InChI is InChI=1S/C24H18N4O4S/c29-19-11-4-3-10-18(19)27-23(22(26-24(27)33)16-8-5-6-14-25-16)21-13-12-20(32-21)15-7-1-2-9-17(15)28(30)31/h1-14,22-23,29H,(H,26,33)/t22-,23+/m1/s1. The number of hydrogen-bond acceptors (Lipinski definition) is 6. The number of rotatable bonds is 5. The minimum Gasteiger partial charge on any atom is -0.506 e. The Labute approximate surface area is 194 Å². The van der Waals surface area contributed by atoms with Gasteiger partial charge in [0.05, 0.1) is 27.9 Å². The first-order valence-corrected chi connectivity index (χ1v) is 10.6. The topological polar surface area (TPSA) is 105 Å². The van der Waals surface area contributed by atoms with Crippen molar-refractivity contribution in [2.45, 2.75) is 12.1 Å². The lowest BCUT2D eigenvalue weighted by atomic mass is 10.0. The molecule has 1 saturated heterocycles. The van der Waals surface area contributed by atoms with E-state index in [1.165, 1.54) is 6.07 Å². The Morgan fingerprint density at radius 3 is 2.55 bits per heavy atom. The predicted molar refractivity (Wildman–Crippen MR) is 127 cm³/mol. The van der Waals surface area contributed by atoms with E-state index in [0.29, 0.717) is 27.9 Å². The van der Waals surface area contributed by atoms with Gasteiger partial charge in [-0.15, -0.1) is 0 Å². The van der Waals surface area contributed by atoms with Crippen molar-refractivity contribution in [3.63, 3.8) is 0 Å². The van der Waals surface area contributed by atoms with E-state index in [1.54, 1.807) is 59.6 Å². The highest BCUT2D eigenvalue weighted by Crippen LogP contribution is 2.45. The van der Waals surface area contributed by atoms with Crippen molar-refractivity contribution in [3.05, 3.63) is 107 Å². The number of furan rings is 1. The molecule has 0 amide bonds. The van der Waals surface area contributed by atoms with Crippen molar-refractivity contribution in [2.24, 2.45) is 0 Å². The summed E-state index contributed by atoms with van der Waals surface area (Å²) in [7, 11) is 0. The second-order valence-electron chi connectivity index (χ2n) is 7.46. The lowest BCUT2D eigenvalue weighted by Crippen LogP contribution is -2.29. The zero-order valence-electron chi connectivity index (χ0n) is 17.2. The molecule has 1 aliphatic heterocycles. The second kappa shape index (κ2) is 8.36. The van der Waals surface area contributed by atoms with Crippen molar-refractivity contribution in [1.82, 2.24) is 10.3 Å². The first kappa shape index (κ1) is 20.7. The third-order valence-corrected chi connectivity index (χ3v) is 5.84. The van der Waals surface area contributed by atoms with Gasteiger partial charge in [-0.2, -0.15) is 0 Å². The number of phenols is 1. The molecule has 2 aromatic heterocycles. The number of phenolic OH excluding ortho intramolecular Hbond substituents is 1. The van der Waals surface area contributed by atoms with E-state index in [2.05, 4.69) is 10.3 Å². The highest BCUT2D eigenvalue weighted by atomic mass is 32.1. The first-order valence-electron chi connectivity index (χ1n) is 10.2. The predicted octanol–water partition coefficient (Wildman–Crippen LogP) is 5.13. The molecule has 0 bridgehead atoms. The van der Waals surface area contributed by atoms with Gasteiger partial charge in [-0.05, 0) is 54.7 Å². The van der Waals surface area contributed by atoms with Crippen molar-refractivity contribution in [2.75, 3.05) is 4.90 Å². The molecule has 164 valence electrons. The molecule has 1 aliphatic rings. The molecule has 2 N–H and O–H groups in total. The van der Waals surface area contributed by atoms with Crippen LogP contribution in [-0.4, -0.2) is 20.1 Å². The highest BCUT2D eigenvalue weighted by molar-refractivity contribution is 7.80. The molecule has 5 rings (SSSR count). The Balaban J connectivity index is 1.63. The van der Waals surface area contributed by atoms with Crippen LogP contribution in [0.4, 0.5) is 11.4 Å². The van der Waals surface area contributed by atoms with Crippen LogP contribution in [0, 0.1) is 10.1 Å². The van der Waals surface area contributed by atoms with Gasteiger partial charge in [0.1, 0.15) is 23.3 Å². The fraction of sp³-hybridized carbons (Fsp3) is 0.0833. The fourth-order valence-electron chi connectivity index (χ4n) is 4.07. The van der Waals surface area contributed by atoms with Gasteiger partial charge < -0.3 is 19.7 Å². The second-order valence-corrected chi connectivity index (χ2v) is 7.85. The Morgan fingerprint density at radius 1 is 1.03 bits per heavy atom. The lowest BCUT2D eigenvalue weighted by molar-refractivity contribution is -0.384. The van der Waals surface area contributed by atoms with Crippen LogP contribution in [0.15, 0.2) is 89.5 Å². The maximum Gasteiger partial charge on any atom is 0.280 e. The normalized spacial score (nSPS) is 17.7. The lowest BCUT2D eigenvalue weighted by Gasteiger charge is -2.26. The first-order chi connectivity index (χ1) is 16.0. The Hall–Kier alpha value is -4.24. The van der Waals surface area contributed by atoms with Crippen LogP contribution in [0.5, 0.6) is 5.75 Å². The van der Waals surface area contributed by atoms with Gasteiger partial charge in [0.25, 0.3) is 5.69 Å². The molecule has 3 heterocycles. The third kappa shape index (κ3) is 3.68. The van der Waals surface area contributed by atoms with Crippen LogP contribution in [0.1, 0.15) is 23.5 Å². The molecule has 1 fully saturated rings. The number of anilines is 1. The molecule has 0 aliphatic carbocycles. The number of hydrogen-bond donors (Lipinski definition) is 2. The Bertz CT molecular complexity index is 1340. The molecular formula is C24H18N4O4S. The highest BCUT2D eigenvalue weighted by Gasteiger charge is 2.43. The number of aromatic nitrogens is 1. The Kier molecular flexibility index (Phi) is 5.23. The van der Waals surface area contributed by atoms with E-state index in [4.69, 9.17) is 16.6 Å². The van der Waals surface area contributed by atoms with Gasteiger partial charge in [0, 0.05) is 12.3 Å². The van der Waals surface area contributed by atoms with E-state index in [1.807, 2.05) is 24.3 Å². The molecule has 0 spiro atoms. The summed E-state index contributed by atoms with van der Waals surface area (Å²) in [5, 5.41) is 25.7. The fourth-order valence-corrected chi connectivity index (χ4v) is 4.41. The molecule has 2 atom stereocenters.